The molecule has 1 atom stereocenters. The number of piperidine rings is 1. The topological polar surface area (TPSA) is 21.3 Å². The zero-order valence-corrected chi connectivity index (χ0v) is 13.5. The molecule has 1 N–H and O–H groups in total. The van der Waals surface area contributed by atoms with Crippen LogP contribution in [-0.4, -0.2) is 19.2 Å². The first kappa shape index (κ1) is 15.4. The highest BCUT2D eigenvalue weighted by Crippen LogP contribution is 2.27. The summed E-state index contributed by atoms with van der Waals surface area (Å²) >= 11 is 0. The van der Waals surface area contributed by atoms with Crippen molar-refractivity contribution in [2.24, 2.45) is 0 Å². The van der Waals surface area contributed by atoms with Gasteiger partial charge in [-0.15, -0.1) is 0 Å². The lowest BCUT2D eigenvalue weighted by atomic mass is 9.86. The van der Waals surface area contributed by atoms with Gasteiger partial charge in [0.05, 0.1) is 6.61 Å². The number of nitrogens with one attached hydrogen (secondary N) is 1. The Kier molecular flexibility index (Phi) is 5.09. The molecule has 2 heteroatoms. The fraction of sp³-hybridized carbons (Fsp3) is 0.667. The van der Waals surface area contributed by atoms with E-state index in [1.54, 1.807) is 0 Å². The van der Waals surface area contributed by atoms with Crippen molar-refractivity contribution >= 4 is 0 Å². The smallest absolute Gasteiger partial charge is 0.122 e. The van der Waals surface area contributed by atoms with Crippen LogP contribution in [0.4, 0.5) is 0 Å². The summed E-state index contributed by atoms with van der Waals surface area (Å²) in [4.78, 5) is 0. The first-order valence-electron chi connectivity index (χ1n) is 7.94. The summed E-state index contributed by atoms with van der Waals surface area (Å²) in [5, 5.41) is 3.57. The molecule has 1 fully saturated rings. The molecule has 1 aromatic rings. The van der Waals surface area contributed by atoms with Crippen LogP contribution >= 0.6 is 0 Å². The molecule has 112 valence electrons. The van der Waals surface area contributed by atoms with Crippen molar-refractivity contribution < 1.29 is 4.74 Å². The zero-order chi connectivity index (χ0) is 14.6. The van der Waals surface area contributed by atoms with Crippen molar-refractivity contribution in [3.05, 3.63) is 29.3 Å². The summed E-state index contributed by atoms with van der Waals surface area (Å²) in [6.45, 7) is 10.9. The van der Waals surface area contributed by atoms with Gasteiger partial charge in [-0.3, -0.25) is 0 Å². The lowest BCUT2D eigenvalue weighted by Crippen LogP contribution is -2.35. The third-order valence-electron chi connectivity index (χ3n) is 4.18. The summed E-state index contributed by atoms with van der Waals surface area (Å²) in [5.41, 5.74) is 2.82. The molecule has 0 saturated carbocycles. The summed E-state index contributed by atoms with van der Waals surface area (Å²) in [5.74, 6) is 1.04. The quantitative estimate of drug-likeness (QED) is 0.889. The molecule has 1 saturated heterocycles. The fourth-order valence-corrected chi connectivity index (χ4v) is 2.76. The van der Waals surface area contributed by atoms with Crippen molar-refractivity contribution in [1.82, 2.24) is 5.32 Å². The highest BCUT2D eigenvalue weighted by Gasteiger charge is 2.15. The maximum absolute atomic E-state index is 5.97. The van der Waals surface area contributed by atoms with Gasteiger partial charge in [0.15, 0.2) is 0 Å². The standard InChI is InChI=1S/C18H29NO/c1-14-13-15(18(2,3)4)8-9-17(14)20-12-10-16-7-5-6-11-19-16/h8-9,13,16,19H,5-7,10-12H2,1-4H3/t16-/m1/s1. The van der Waals surface area contributed by atoms with Crippen LogP contribution in [-0.2, 0) is 5.41 Å². The van der Waals surface area contributed by atoms with Crippen molar-refractivity contribution in [3.63, 3.8) is 0 Å². The molecular formula is C18H29NO. The third-order valence-corrected chi connectivity index (χ3v) is 4.18. The van der Waals surface area contributed by atoms with Crippen LogP contribution in [0.1, 0.15) is 57.6 Å². The number of rotatable bonds is 4. The number of aryl methyl sites for hydroxylation is 1. The van der Waals surface area contributed by atoms with Gasteiger partial charge in [0, 0.05) is 6.04 Å². The van der Waals surface area contributed by atoms with Crippen LogP contribution in [0, 0.1) is 6.92 Å². The Morgan fingerprint density at radius 1 is 1.25 bits per heavy atom. The Bertz CT molecular complexity index is 428. The van der Waals surface area contributed by atoms with Crippen LogP contribution in [0.25, 0.3) is 0 Å². The molecule has 0 aromatic heterocycles. The summed E-state index contributed by atoms with van der Waals surface area (Å²) in [6.07, 6.45) is 5.09. The van der Waals surface area contributed by atoms with Crippen LogP contribution < -0.4 is 10.1 Å². The maximum Gasteiger partial charge on any atom is 0.122 e. The average molecular weight is 275 g/mol. The normalized spacial score (nSPS) is 19.9. The molecule has 2 nitrogen and oxygen atoms in total. The number of ether oxygens (including phenoxy) is 1. The minimum Gasteiger partial charge on any atom is -0.493 e. The van der Waals surface area contributed by atoms with Gasteiger partial charge >= 0.3 is 0 Å². The van der Waals surface area contributed by atoms with Gasteiger partial charge in [-0.1, -0.05) is 39.3 Å². The van der Waals surface area contributed by atoms with Crippen LogP contribution in [0.3, 0.4) is 0 Å². The van der Waals surface area contributed by atoms with Crippen molar-refractivity contribution in [1.29, 1.82) is 0 Å². The predicted molar refractivity (Wildman–Crippen MR) is 85.6 cm³/mol. The predicted octanol–water partition coefficient (Wildman–Crippen LogP) is 4.20. The van der Waals surface area contributed by atoms with E-state index in [9.17, 15) is 0 Å². The second kappa shape index (κ2) is 6.62. The van der Waals surface area contributed by atoms with E-state index in [1.807, 2.05) is 0 Å². The van der Waals surface area contributed by atoms with Crippen LogP contribution in [0.5, 0.6) is 5.75 Å². The molecule has 1 heterocycles. The largest absolute Gasteiger partial charge is 0.493 e. The van der Waals surface area contributed by atoms with Crippen molar-refractivity contribution in [3.8, 4) is 5.75 Å². The van der Waals surface area contributed by atoms with E-state index in [2.05, 4.69) is 51.2 Å². The van der Waals surface area contributed by atoms with Crippen molar-refractivity contribution in [2.45, 2.75) is 64.8 Å². The molecule has 0 radical (unpaired) electrons. The van der Waals surface area contributed by atoms with Gasteiger partial charge < -0.3 is 10.1 Å². The molecule has 0 amide bonds. The molecular weight excluding hydrogens is 246 g/mol. The summed E-state index contributed by atoms with van der Waals surface area (Å²) in [7, 11) is 0. The molecule has 2 rings (SSSR count). The first-order valence-corrected chi connectivity index (χ1v) is 7.94. The minimum atomic E-state index is 0.204. The van der Waals surface area contributed by atoms with Gasteiger partial charge in [-0.2, -0.15) is 0 Å². The minimum absolute atomic E-state index is 0.204. The second-order valence-corrected chi connectivity index (χ2v) is 7.01. The number of hydrogen-bond donors (Lipinski definition) is 1. The molecule has 1 aromatic carbocycles. The second-order valence-electron chi connectivity index (χ2n) is 7.01. The lowest BCUT2D eigenvalue weighted by Gasteiger charge is -2.24. The molecule has 1 aliphatic rings. The highest BCUT2D eigenvalue weighted by atomic mass is 16.5. The Morgan fingerprint density at radius 3 is 2.65 bits per heavy atom. The van der Waals surface area contributed by atoms with Gasteiger partial charge in [-0.25, -0.2) is 0 Å². The monoisotopic (exact) mass is 275 g/mol. The molecule has 0 bridgehead atoms. The molecule has 0 aliphatic carbocycles. The zero-order valence-electron chi connectivity index (χ0n) is 13.5. The Labute approximate surface area is 123 Å². The van der Waals surface area contributed by atoms with E-state index in [0.29, 0.717) is 6.04 Å². The number of hydrogen-bond acceptors (Lipinski definition) is 2. The average Bonchev–Trinajstić information content (AvgIpc) is 2.40. The van der Waals surface area contributed by atoms with E-state index >= 15 is 0 Å². The molecule has 20 heavy (non-hydrogen) atoms. The van der Waals surface area contributed by atoms with Crippen LogP contribution in [0.2, 0.25) is 0 Å². The SMILES string of the molecule is Cc1cc(C(C)(C)C)ccc1OCC[C@H]1CCCCN1. The maximum atomic E-state index is 5.97. The van der Waals surface area contributed by atoms with Gasteiger partial charge in [0.25, 0.3) is 0 Å². The van der Waals surface area contributed by atoms with E-state index in [0.717, 1.165) is 18.8 Å². The number of benzene rings is 1. The van der Waals surface area contributed by atoms with E-state index in [-0.39, 0.29) is 5.41 Å². The summed E-state index contributed by atoms with van der Waals surface area (Å²) < 4.78 is 5.97. The van der Waals surface area contributed by atoms with Gasteiger partial charge in [0.1, 0.15) is 5.75 Å². The van der Waals surface area contributed by atoms with E-state index < -0.39 is 0 Å². The van der Waals surface area contributed by atoms with Gasteiger partial charge in [0.2, 0.25) is 0 Å². The van der Waals surface area contributed by atoms with E-state index in [4.69, 9.17) is 4.74 Å². The Hall–Kier alpha value is -1.02. The first-order chi connectivity index (χ1) is 9.47. The van der Waals surface area contributed by atoms with Crippen LogP contribution in [0.15, 0.2) is 18.2 Å². The van der Waals surface area contributed by atoms with Gasteiger partial charge in [-0.05, 0) is 55.3 Å². The lowest BCUT2D eigenvalue weighted by molar-refractivity contribution is 0.267. The molecule has 1 aliphatic heterocycles. The summed E-state index contributed by atoms with van der Waals surface area (Å²) in [6, 6.07) is 7.23. The van der Waals surface area contributed by atoms with E-state index in [1.165, 1.54) is 36.9 Å². The van der Waals surface area contributed by atoms with Crippen molar-refractivity contribution in [2.75, 3.05) is 13.2 Å². The molecule has 0 unspecified atom stereocenters. The third kappa shape index (κ3) is 4.24. The highest BCUT2D eigenvalue weighted by molar-refractivity contribution is 5.38. The molecule has 0 spiro atoms. The Morgan fingerprint density at radius 2 is 2.05 bits per heavy atom. The fourth-order valence-electron chi connectivity index (χ4n) is 2.76. The Balaban J connectivity index is 1.86.